The van der Waals surface area contributed by atoms with Crippen LogP contribution < -0.4 is 4.72 Å². The number of sulfonamides is 1. The van der Waals surface area contributed by atoms with Gasteiger partial charge < -0.3 is 9.64 Å². The second-order valence-electron chi connectivity index (χ2n) is 7.87. The minimum atomic E-state index is -3.99. The van der Waals surface area contributed by atoms with Gasteiger partial charge in [0.2, 0.25) is 10.0 Å². The summed E-state index contributed by atoms with van der Waals surface area (Å²) in [5.74, 6) is -1.11. The van der Waals surface area contributed by atoms with Crippen molar-refractivity contribution in [2.24, 2.45) is 0 Å². The number of benzene rings is 3. The van der Waals surface area contributed by atoms with Crippen LogP contribution in [0.15, 0.2) is 77.7 Å². The Morgan fingerprint density at radius 1 is 0.971 bits per heavy atom. The molecule has 0 unspecified atom stereocenters. The average Bonchev–Trinajstić information content (AvgIpc) is 2.86. The molecule has 1 aliphatic heterocycles. The van der Waals surface area contributed by atoms with Crippen LogP contribution in [0.5, 0.6) is 0 Å². The van der Waals surface area contributed by atoms with E-state index in [9.17, 15) is 18.0 Å². The van der Waals surface area contributed by atoms with Crippen molar-refractivity contribution in [1.29, 1.82) is 0 Å². The van der Waals surface area contributed by atoms with E-state index in [1.165, 1.54) is 17.7 Å². The van der Waals surface area contributed by atoms with Crippen LogP contribution in [0.2, 0.25) is 5.02 Å². The van der Waals surface area contributed by atoms with Crippen LogP contribution in [-0.2, 0) is 39.1 Å². The Morgan fingerprint density at radius 3 is 2.44 bits per heavy atom. The lowest BCUT2D eigenvalue weighted by Crippen LogP contribution is -2.38. The highest BCUT2D eigenvalue weighted by Crippen LogP contribution is 2.24. The van der Waals surface area contributed by atoms with Crippen LogP contribution in [0.25, 0.3) is 0 Å². The molecule has 0 saturated carbocycles. The topological polar surface area (TPSA) is 92.8 Å². The number of halogens is 1. The van der Waals surface area contributed by atoms with Gasteiger partial charge in [-0.05, 0) is 41.3 Å². The highest BCUT2D eigenvalue weighted by molar-refractivity contribution is 7.89. The summed E-state index contributed by atoms with van der Waals surface area (Å²) >= 11 is 6.11. The Labute approximate surface area is 203 Å². The number of nitrogens with one attached hydrogen (secondary N) is 1. The predicted octanol–water partition coefficient (Wildman–Crippen LogP) is 3.56. The van der Waals surface area contributed by atoms with Crippen molar-refractivity contribution in [3.05, 3.63) is 100 Å². The van der Waals surface area contributed by atoms with Crippen LogP contribution in [0.4, 0.5) is 0 Å². The van der Waals surface area contributed by atoms with Crippen molar-refractivity contribution in [3.63, 3.8) is 0 Å². The fourth-order valence-corrected chi connectivity index (χ4v) is 5.24. The lowest BCUT2D eigenvalue weighted by Gasteiger charge is -2.28. The molecule has 7 nitrogen and oxygen atoms in total. The van der Waals surface area contributed by atoms with Crippen molar-refractivity contribution < 1.29 is 22.7 Å². The molecule has 1 amide bonds. The van der Waals surface area contributed by atoms with Crippen LogP contribution in [-0.4, -0.2) is 38.3 Å². The number of amides is 1. The molecule has 3 aromatic carbocycles. The second kappa shape index (κ2) is 10.4. The van der Waals surface area contributed by atoms with Crippen LogP contribution >= 0.6 is 11.6 Å². The molecule has 0 atom stereocenters. The number of carbonyl (C=O) groups excluding carboxylic acids is 2. The third kappa shape index (κ3) is 5.64. The zero-order valence-electron chi connectivity index (χ0n) is 18.2. The lowest BCUT2D eigenvalue weighted by atomic mass is 10.00. The number of esters is 1. The van der Waals surface area contributed by atoms with Gasteiger partial charge in [0.25, 0.3) is 5.91 Å². The molecular weight excluding hydrogens is 476 g/mol. The predicted molar refractivity (Wildman–Crippen MR) is 128 cm³/mol. The van der Waals surface area contributed by atoms with Gasteiger partial charge in [0.1, 0.15) is 4.90 Å². The monoisotopic (exact) mass is 498 g/mol. The van der Waals surface area contributed by atoms with Gasteiger partial charge in [0, 0.05) is 19.6 Å². The van der Waals surface area contributed by atoms with Gasteiger partial charge in [-0.2, -0.15) is 0 Å². The molecule has 34 heavy (non-hydrogen) atoms. The first-order valence-electron chi connectivity index (χ1n) is 10.7. The van der Waals surface area contributed by atoms with E-state index in [1.54, 1.807) is 29.2 Å². The van der Waals surface area contributed by atoms with E-state index in [4.69, 9.17) is 16.3 Å². The van der Waals surface area contributed by atoms with Crippen molar-refractivity contribution in [3.8, 4) is 0 Å². The number of rotatable bonds is 7. The number of carbonyl (C=O) groups is 2. The van der Waals surface area contributed by atoms with Crippen molar-refractivity contribution in [2.45, 2.75) is 24.4 Å². The smallest absolute Gasteiger partial charge is 0.338 e. The highest BCUT2D eigenvalue weighted by atomic mass is 35.5. The molecule has 3 aromatic rings. The number of hydrogen-bond acceptors (Lipinski definition) is 5. The van der Waals surface area contributed by atoms with E-state index in [1.807, 2.05) is 30.3 Å². The van der Waals surface area contributed by atoms with Crippen LogP contribution in [0.3, 0.4) is 0 Å². The Morgan fingerprint density at radius 2 is 1.68 bits per heavy atom. The molecule has 0 aliphatic carbocycles. The largest absolute Gasteiger partial charge is 0.452 e. The van der Waals surface area contributed by atoms with Crippen molar-refractivity contribution >= 4 is 33.5 Å². The Hall–Kier alpha value is -3.20. The van der Waals surface area contributed by atoms with E-state index in [0.717, 1.165) is 23.6 Å². The molecule has 176 valence electrons. The molecule has 1 aliphatic rings. The van der Waals surface area contributed by atoms with E-state index in [-0.39, 0.29) is 27.9 Å². The summed E-state index contributed by atoms with van der Waals surface area (Å²) in [5, 5.41) is -0.0276. The van der Waals surface area contributed by atoms with Gasteiger partial charge in [-0.15, -0.1) is 0 Å². The first kappa shape index (κ1) is 23.9. The van der Waals surface area contributed by atoms with E-state index < -0.39 is 22.6 Å². The fraction of sp³-hybridized carbons (Fsp3) is 0.200. The maximum absolute atomic E-state index is 12.8. The Balaban J connectivity index is 1.39. The molecule has 0 spiro atoms. The summed E-state index contributed by atoms with van der Waals surface area (Å²) in [6.45, 7) is 0.645. The number of fused-ring (bicyclic) bond motifs is 1. The minimum absolute atomic E-state index is 0.0127. The van der Waals surface area contributed by atoms with E-state index >= 15 is 0 Å². The first-order valence-corrected chi connectivity index (χ1v) is 12.5. The maximum atomic E-state index is 12.8. The minimum Gasteiger partial charge on any atom is -0.452 e. The zero-order chi connectivity index (χ0) is 24.1. The fourth-order valence-electron chi connectivity index (χ4n) is 3.70. The molecule has 9 heteroatoms. The third-order valence-corrected chi connectivity index (χ3v) is 7.46. The van der Waals surface area contributed by atoms with Gasteiger partial charge >= 0.3 is 5.97 Å². The molecule has 0 aromatic heterocycles. The summed E-state index contributed by atoms with van der Waals surface area (Å²) in [6, 6.07) is 20.8. The lowest BCUT2D eigenvalue weighted by molar-refractivity contribution is -0.135. The number of ether oxygens (including phenoxy) is 1. The summed E-state index contributed by atoms with van der Waals surface area (Å²) in [4.78, 5) is 26.5. The third-order valence-electron chi connectivity index (χ3n) is 5.58. The highest BCUT2D eigenvalue weighted by Gasteiger charge is 2.23. The maximum Gasteiger partial charge on any atom is 0.338 e. The Bertz CT molecular complexity index is 1310. The number of hydrogen-bond donors (Lipinski definition) is 1. The van der Waals surface area contributed by atoms with Gasteiger partial charge in [0.15, 0.2) is 6.61 Å². The molecule has 0 saturated heterocycles. The number of nitrogens with zero attached hydrogens (tertiary/aromatic N) is 1. The van der Waals surface area contributed by atoms with Gasteiger partial charge in [-0.1, -0.05) is 66.2 Å². The first-order chi connectivity index (χ1) is 16.3. The molecule has 0 fully saturated rings. The van der Waals surface area contributed by atoms with Crippen LogP contribution in [0, 0.1) is 0 Å². The van der Waals surface area contributed by atoms with Gasteiger partial charge in [-0.25, -0.2) is 17.9 Å². The van der Waals surface area contributed by atoms with Gasteiger partial charge in [0.05, 0.1) is 10.6 Å². The average molecular weight is 499 g/mol. The van der Waals surface area contributed by atoms with E-state index in [0.29, 0.717) is 13.1 Å². The SMILES string of the molecule is O=C(OCC(=O)N1CCc2ccccc2C1)c1ccc(Cl)c(S(=O)(=O)NCc2ccccc2)c1. The quantitative estimate of drug-likeness (QED) is 0.503. The molecule has 0 radical (unpaired) electrons. The van der Waals surface area contributed by atoms with Crippen LogP contribution in [0.1, 0.15) is 27.0 Å². The molecule has 1 heterocycles. The zero-order valence-corrected chi connectivity index (χ0v) is 19.8. The summed E-state index contributed by atoms with van der Waals surface area (Å²) < 4.78 is 33.2. The Kier molecular flexibility index (Phi) is 7.31. The summed E-state index contributed by atoms with van der Waals surface area (Å²) in [6.07, 6.45) is 0.740. The molecule has 0 bridgehead atoms. The van der Waals surface area contributed by atoms with Crippen molar-refractivity contribution in [2.75, 3.05) is 13.2 Å². The molecule has 1 N–H and O–H groups in total. The molecule has 4 rings (SSSR count). The molecular formula is C25H23ClN2O5S. The van der Waals surface area contributed by atoms with Crippen molar-refractivity contribution in [1.82, 2.24) is 9.62 Å². The summed E-state index contributed by atoms with van der Waals surface area (Å²) in [5.41, 5.74) is 3.04. The van der Waals surface area contributed by atoms with Gasteiger partial charge in [-0.3, -0.25) is 4.79 Å². The standard InChI is InChI=1S/C25H23ClN2O5S/c26-22-11-10-20(14-23(22)34(31,32)27-15-18-6-2-1-3-7-18)25(30)33-17-24(29)28-13-12-19-8-4-5-9-21(19)16-28/h1-11,14,27H,12-13,15-17H2. The normalized spacial score (nSPS) is 13.3. The second-order valence-corrected chi connectivity index (χ2v) is 10.0. The summed E-state index contributed by atoms with van der Waals surface area (Å²) in [7, 11) is -3.99. The van der Waals surface area contributed by atoms with E-state index in [2.05, 4.69) is 4.72 Å².